The van der Waals surface area contributed by atoms with E-state index in [4.69, 9.17) is 0 Å². The summed E-state index contributed by atoms with van der Waals surface area (Å²) < 4.78 is 40.1. The van der Waals surface area contributed by atoms with Gasteiger partial charge in [-0.05, 0) is 42.1 Å². The van der Waals surface area contributed by atoms with E-state index in [1.54, 1.807) is 0 Å². The van der Waals surface area contributed by atoms with Crippen LogP contribution in [-0.2, 0) is 0 Å². The van der Waals surface area contributed by atoms with E-state index in [9.17, 15) is 13.2 Å². The van der Waals surface area contributed by atoms with E-state index in [-0.39, 0.29) is 11.8 Å². The van der Waals surface area contributed by atoms with Crippen LogP contribution in [0.1, 0.15) is 29.4 Å². The molecular formula is C17H16F3N. The molecule has 1 saturated heterocycles. The molecule has 0 saturated carbocycles. The largest absolute Gasteiger partial charge is 0.316 e. The van der Waals surface area contributed by atoms with E-state index in [0.717, 1.165) is 37.2 Å². The number of benzene rings is 2. The minimum absolute atomic E-state index is 0.0155. The third kappa shape index (κ3) is 2.81. The van der Waals surface area contributed by atoms with E-state index in [2.05, 4.69) is 5.32 Å². The molecule has 0 aliphatic carbocycles. The molecule has 3 rings (SSSR count). The van der Waals surface area contributed by atoms with Gasteiger partial charge in [0.15, 0.2) is 17.5 Å². The maximum absolute atomic E-state index is 13.5. The third-order valence-corrected chi connectivity index (χ3v) is 4.14. The molecule has 1 heterocycles. The van der Waals surface area contributed by atoms with Crippen LogP contribution < -0.4 is 5.32 Å². The second kappa shape index (κ2) is 5.90. The lowest BCUT2D eigenvalue weighted by atomic mass is 9.77. The van der Waals surface area contributed by atoms with Crippen LogP contribution in [0.25, 0.3) is 0 Å². The zero-order valence-electron chi connectivity index (χ0n) is 11.5. The summed E-state index contributed by atoms with van der Waals surface area (Å²) in [6.07, 6.45) is 0.768. The van der Waals surface area contributed by atoms with Crippen LogP contribution >= 0.6 is 0 Å². The SMILES string of the molecule is Fc1cc(C2CCNCC2c2ccccc2)cc(F)c1F. The molecule has 2 atom stereocenters. The van der Waals surface area contributed by atoms with Crippen molar-refractivity contribution in [3.05, 3.63) is 71.0 Å². The summed E-state index contributed by atoms with van der Waals surface area (Å²) in [7, 11) is 0. The molecule has 1 N–H and O–H groups in total. The summed E-state index contributed by atoms with van der Waals surface area (Å²) in [6, 6.07) is 12.1. The first-order valence-electron chi connectivity index (χ1n) is 7.07. The van der Waals surface area contributed by atoms with Gasteiger partial charge in [0.05, 0.1) is 0 Å². The Kier molecular flexibility index (Phi) is 3.97. The molecule has 4 heteroatoms. The van der Waals surface area contributed by atoms with Crippen LogP contribution in [0.5, 0.6) is 0 Å². The molecule has 1 aliphatic rings. The standard InChI is InChI=1S/C17H16F3N/c18-15-8-12(9-16(19)17(15)20)13-6-7-21-10-14(13)11-4-2-1-3-5-11/h1-5,8-9,13-14,21H,6-7,10H2. The van der Waals surface area contributed by atoms with Crippen molar-refractivity contribution in [2.75, 3.05) is 13.1 Å². The quantitative estimate of drug-likeness (QED) is 0.826. The number of rotatable bonds is 2. The van der Waals surface area contributed by atoms with Gasteiger partial charge in [-0.2, -0.15) is 0 Å². The molecule has 110 valence electrons. The smallest absolute Gasteiger partial charge is 0.194 e. The van der Waals surface area contributed by atoms with Gasteiger partial charge in [0.25, 0.3) is 0 Å². The Bertz CT molecular complexity index is 604. The normalized spacial score (nSPS) is 22.2. The van der Waals surface area contributed by atoms with Gasteiger partial charge in [-0.3, -0.25) is 0 Å². The Morgan fingerprint density at radius 1 is 0.857 bits per heavy atom. The highest BCUT2D eigenvalue weighted by atomic mass is 19.2. The van der Waals surface area contributed by atoms with Crippen LogP contribution in [0.15, 0.2) is 42.5 Å². The van der Waals surface area contributed by atoms with E-state index in [0.29, 0.717) is 5.56 Å². The summed E-state index contributed by atoms with van der Waals surface area (Å²) in [5.41, 5.74) is 1.65. The summed E-state index contributed by atoms with van der Waals surface area (Å²) in [4.78, 5) is 0. The average molecular weight is 291 g/mol. The Morgan fingerprint density at radius 3 is 2.19 bits per heavy atom. The predicted octanol–water partition coefficient (Wildman–Crippen LogP) is 3.96. The molecule has 0 spiro atoms. The number of halogens is 3. The summed E-state index contributed by atoms with van der Waals surface area (Å²) in [5, 5.41) is 3.31. The second-order valence-corrected chi connectivity index (χ2v) is 5.42. The van der Waals surface area contributed by atoms with Gasteiger partial charge in [-0.25, -0.2) is 13.2 Å². The number of hydrogen-bond donors (Lipinski definition) is 1. The van der Waals surface area contributed by atoms with E-state index in [1.807, 2.05) is 30.3 Å². The van der Waals surface area contributed by atoms with Gasteiger partial charge in [0, 0.05) is 12.5 Å². The Hall–Kier alpha value is -1.81. The first kappa shape index (κ1) is 14.1. The Morgan fingerprint density at radius 2 is 1.52 bits per heavy atom. The molecule has 2 aromatic rings. The lowest BCUT2D eigenvalue weighted by molar-refractivity contribution is 0.395. The third-order valence-electron chi connectivity index (χ3n) is 4.14. The molecule has 1 fully saturated rings. The topological polar surface area (TPSA) is 12.0 Å². The van der Waals surface area contributed by atoms with E-state index < -0.39 is 17.5 Å². The molecule has 0 bridgehead atoms. The highest BCUT2D eigenvalue weighted by molar-refractivity contribution is 5.31. The maximum Gasteiger partial charge on any atom is 0.194 e. The van der Waals surface area contributed by atoms with Crippen molar-refractivity contribution < 1.29 is 13.2 Å². The van der Waals surface area contributed by atoms with Gasteiger partial charge in [0.1, 0.15) is 0 Å². The Labute approximate surface area is 121 Å². The monoisotopic (exact) mass is 291 g/mol. The van der Waals surface area contributed by atoms with Crippen molar-refractivity contribution in [2.24, 2.45) is 0 Å². The highest BCUT2D eigenvalue weighted by Gasteiger charge is 2.29. The minimum atomic E-state index is -1.40. The van der Waals surface area contributed by atoms with Gasteiger partial charge in [-0.1, -0.05) is 30.3 Å². The van der Waals surface area contributed by atoms with Crippen molar-refractivity contribution in [3.8, 4) is 0 Å². The number of hydrogen-bond acceptors (Lipinski definition) is 1. The summed E-state index contributed by atoms with van der Waals surface area (Å²) in [6.45, 7) is 1.53. The maximum atomic E-state index is 13.5. The van der Waals surface area contributed by atoms with Crippen molar-refractivity contribution in [1.82, 2.24) is 5.32 Å². The molecule has 1 aliphatic heterocycles. The molecule has 0 amide bonds. The zero-order valence-corrected chi connectivity index (χ0v) is 11.5. The van der Waals surface area contributed by atoms with E-state index in [1.165, 1.54) is 0 Å². The van der Waals surface area contributed by atoms with Crippen LogP contribution in [0.3, 0.4) is 0 Å². The first-order valence-corrected chi connectivity index (χ1v) is 7.07. The molecule has 21 heavy (non-hydrogen) atoms. The minimum Gasteiger partial charge on any atom is -0.316 e. The lowest BCUT2D eigenvalue weighted by Crippen LogP contribution is -2.34. The van der Waals surface area contributed by atoms with Crippen LogP contribution in [0.4, 0.5) is 13.2 Å². The molecule has 1 nitrogen and oxygen atoms in total. The highest BCUT2D eigenvalue weighted by Crippen LogP contribution is 2.38. The van der Waals surface area contributed by atoms with Gasteiger partial charge < -0.3 is 5.32 Å². The van der Waals surface area contributed by atoms with Crippen molar-refractivity contribution >= 4 is 0 Å². The second-order valence-electron chi connectivity index (χ2n) is 5.42. The Balaban J connectivity index is 1.98. The zero-order chi connectivity index (χ0) is 14.8. The number of piperidine rings is 1. The number of nitrogens with one attached hydrogen (secondary N) is 1. The van der Waals surface area contributed by atoms with E-state index >= 15 is 0 Å². The fourth-order valence-corrected chi connectivity index (χ4v) is 3.10. The van der Waals surface area contributed by atoms with Crippen LogP contribution in [0, 0.1) is 17.5 Å². The van der Waals surface area contributed by atoms with Gasteiger partial charge in [0.2, 0.25) is 0 Å². The predicted molar refractivity (Wildman–Crippen MR) is 75.7 cm³/mol. The molecule has 2 aromatic carbocycles. The van der Waals surface area contributed by atoms with Gasteiger partial charge in [-0.15, -0.1) is 0 Å². The summed E-state index contributed by atoms with van der Waals surface area (Å²) in [5.74, 6) is -3.52. The fraction of sp³-hybridized carbons (Fsp3) is 0.294. The van der Waals surface area contributed by atoms with Gasteiger partial charge >= 0.3 is 0 Å². The summed E-state index contributed by atoms with van der Waals surface area (Å²) >= 11 is 0. The molecule has 2 unspecified atom stereocenters. The molecule has 0 radical (unpaired) electrons. The first-order chi connectivity index (χ1) is 10.2. The average Bonchev–Trinajstić information content (AvgIpc) is 2.53. The van der Waals surface area contributed by atoms with Crippen molar-refractivity contribution in [2.45, 2.75) is 18.3 Å². The van der Waals surface area contributed by atoms with Crippen molar-refractivity contribution in [1.29, 1.82) is 0 Å². The van der Waals surface area contributed by atoms with Crippen LogP contribution in [0.2, 0.25) is 0 Å². The molecular weight excluding hydrogens is 275 g/mol. The fourth-order valence-electron chi connectivity index (χ4n) is 3.10. The van der Waals surface area contributed by atoms with Crippen LogP contribution in [-0.4, -0.2) is 13.1 Å². The van der Waals surface area contributed by atoms with Crippen molar-refractivity contribution in [3.63, 3.8) is 0 Å². The lowest BCUT2D eigenvalue weighted by Gasteiger charge is -2.33. The molecule has 0 aromatic heterocycles.